The van der Waals surface area contributed by atoms with Crippen LogP contribution in [-0.4, -0.2) is 38.5 Å². The minimum Gasteiger partial charge on any atom is -0.356 e. The fourth-order valence-electron chi connectivity index (χ4n) is 2.66. The van der Waals surface area contributed by atoms with E-state index in [-0.39, 0.29) is 18.0 Å². The van der Waals surface area contributed by atoms with E-state index in [9.17, 15) is 9.59 Å². The molecule has 2 aromatic rings. The molecule has 8 heteroatoms. The zero-order valence-corrected chi connectivity index (χ0v) is 13.8. The predicted octanol–water partition coefficient (Wildman–Crippen LogP) is 0.889. The highest BCUT2D eigenvalue weighted by atomic mass is 16.2. The molecule has 3 heterocycles. The van der Waals surface area contributed by atoms with Gasteiger partial charge < -0.3 is 10.2 Å². The summed E-state index contributed by atoms with van der Waals surface area (Å²) in [5.41, 5.74) is 1.00. The molecular formula is C16H20N6O2. The zero-order chi connectivity index (χ0) is 17.1. The van der Waals surface area contributed by atoms with Crippen LogP contribution in [0.5, 0.6) is 0 Å². The Morgan fingerprint density at radius 1 is 1.21 bits per heavy atom. The molecule has 3 rings (SSSR count). The molecule has 24 heavy (non-hydrogen) atoms. The van der Waals surface area contributed by atoms with Crippen LogP contribution < -0.4 is 15.8 Å². The summed E-state index contributed by atoms with van der Waals surface area (Å²) in [4.78, 5) is 38.9. The highest BCUT2D eigenvalue weighted by Crippen LogP contribution is 2.19. The van der Waals surface area contributed by atoms with E-state index in [1.807, 2.05) is 0 Å². The van der Waals surface area contributed by atoms with Gasteiger partial charge in [0.15, 0.2) is 0 Å². The van der Waals surface area contributed by atoms with Gasteiger partial charge in [-0.05, 0) is 26.7 Å². The third kappa shape index (κ3) is 3.42. The lowest BCUT2D eigenvalue weighted by Gasteiger charge is -2.16. The van der Waals surface area contributed by atoms with Crippen LogP contribution in [0.15, 0.2) is 23.5 Å². The second-order valence-corrected chi connectivity index (χ2v) is 5.89. The second kappa shape index (κ2) is 6.77. The lowest BCUT2D eigenvalue weighted by molar-refractivity contribution is -0.116. The highest BCUT2D eigenvalue weighted by molar-refractivity contribution is 5.89. The van der Waals surface area contributed by atoms with Gasteiger partial charge in [0.2, 0.25) is 5.91 Å². The van der Waals surface area contributed by atoms with E-state index >= 15 is 0 Å². The number of aromatic nitrogens is 4. The summed E-state index contributed by atoms with van der Waals surface area (Å²) in [6.45, 7) is 5.30. The van der Waals surface area contributed by atoms with Gasteiger partial charge in [-0.15, -0.1) is 0 Å². The highest BCUT2D eigenvalue weighted by Gasteiger charge is 2.15. The first-order valence-corrected chi connectivity index (χ1v) is 7.94. The second-order valence-electron chi connectivity index (χ2n) is 5.89. The average Bonchev–Trinajstić information content (AvgIpc) is 3.10. The first-order chi connectivity index (χ1) is 11.5. The van der Waals surface area contributed by atoms with Crippen molar-refractivity contribution in [3.05, 3.63) is 40.3 Å². The van der Waals surface area contributed by atoms with Crippen LogP contribution in [0, 0.1) is 13.8 Å². The van der Waals surface area contributed by atoms with Crippen LogP contribution in [0.25, 0.3) is 0 Å². The van der Waals surface area contributed by atoms with Crippen molar-refractivity contribution in [2.45, 2.75) is 33.2 Å². The Labute approximate surface area is 139 Å². The van der Waals surface area contributed by atoms with Gasteiger partial charge in [-0.25, -0.2) is 15.0 Å². The van der Waals surface area contributed by atoms with Crippen LogP contribution >= 0.6 is 0 Å². The molecule has 8 nitrogen and oxygen atoms in total. The maximum absolute atomic E-state index is 12.2. The van der Waals surface area contributed by atoms with E-state index in [2.05, 4.69) is 25.2 Å². The molecule has 0 aliphatic carbocycles. The van der Waals surface area contributed by atoms with Gasteiger partial charge in [-0.1, -0.05) is 0 Å². The largest absolute Gasteiger partial charge is 0.356 e. The van der Waals surface area contributed by atoms with Gasteiger partial charge in [0.05, 0.1) is 6.33 Å². The molecule has 1 N–H and O–H groups in total. The van der Waals surface area contributed by atoms with Crippen molar-refractivity contribution in [3.63, 3.8) is 0 Å². The van der Waals surface area contributed by atoms with E-state index < -0.39 is 0 Å². The maximum atomic E-state index is 12.2. The predicted molar refractivity (Wildman–Crippen MR) is 90.1 cm³/mol. The normalized spacial score (nSPS) is 14.0. The molecule has 1 amide bonds. The average molecular weight is 328 g/mol. The number of rotatable bonds is 4. The van der Waals surface area contributed by atoms with Crippen molar-refractivity contribution in [1.29, 1.82) is 0 Å². The Morgan fingerprint density at radius 3 is 2.71 bits per heavy atom. The van der Waals surface area contributed by atoms with Gasteiger partial charge in [0, 0.05) is 30.4 Å². The summed E-state index contributed by atoms with van der Waals surface area (Å²) >= 11 is 0. The molecule has 1 aliphatic rings. The summed E-state index contributed by atoms with van der Waals surface area (Å²) in [5, 5.41) is 2.71. The molecule has 126 valence electrons. The maximum Gasteiger partial charge on any atom is 0.256 e. The van der Waals surface area contributed by atoms with E-state index in [1.54, 1.807) is 19.9 Å². The minimum absolute atomic E-state index is 0.101. The monoisotopic (exact) mass is 328 g/mol. The van der Waals surface area contributed by atoms with Gasteiger partial charge in [-0.3, -0.25) is 14.2 Å². The zero-order valence-electron chi connectivity index (χ0n) is 13.8. The number of carbonyl (C=O) groups is 1. The van der Waals surface area contributed by atoms with Crippen LogP contribution in [0.3, 0.4) is 0 Å². The quantitative estimate of drug-likeness (QED) is 0.896. The van der Waals surface area contributed by atoms with Crippen molar-refractivity contribution in [1.82, 2.24) is 19.5 Å². The van der Waals surface area contributed by atoms with E-state index in [0.29, 0.717) is 17.1 Å². The van der Waals surface area contributed by atoms with Gasteiger partial charge in [0.1, 0.15) is 24.5 Å². The summed E-state index contributed by atoms with van der Waals surface area (Å²) in [6.07, 6.45) is 5.12. The summed E-state index contributed by atoms with van der Waals surface area (Å²) in [7, 11) is 0. The lowest BCUT2D eigenvalue weighted by atomic mass is 10.3. The van der Waals surface area contributed by atoms with Crippen molar-refractivity contribution < 1.29 is 4.79 Å². The molecule has 0 bridgehead atoms. The Bertz CT molecular complexity index is 810. The summed E-state index contributed by atoms with van der Waals surface area (Å²) < 4.78 is 1.29. The SMILES string of the molecule is Cc1ncn(CC(=O)Nc2cc(N3CCCC3)ncn2)c(=O)c1C. The van der Waals surface area contributed by atoms with E-state index in [1.165, 1.54) is 17.2 Å². The molecule has 0 atom stereocenters. The Morgan fingerprint density at radius 2 is 1.96 bits per heavy atom. The van der Waals surface area contributed by atoms with Gasteiger partial charge >= 0.3 is 0 Å². The standard InChI is InChI=1S/C16H20N6O2/c1-11-12(2)19-10-22(16(11)24)8-15(23)20-13-7-14(18-9-17-13)21-5-3-4-6-21/h7,9-10H,3-6,8H2,1-2H3,(H,17,18,20,23). The number of amides is 1. The smallest absolute Gasteiger partial charge is 0.256 e. The molecule has 0 spiro atoms. The molecule has 0 aromatic carbocycles. The number of carbonyl (C=O) groups excluding carboxylic acids is 1. The lowest BCUT2D eigenvalue weighted by Crippen LogP contribution is -2.30. The van der Waals surface area contributed by atoms with Crippen LogP contribution in [-0.2, 0) is 11.3 Å². The van der Waals surface area contributed by atoms with Crippen LogP contribution in [0.4, 0.5) is 11.6 Å². The number of hydrogen-bond acceptors (Lipinski definition) is 6. The number of aryl methyl sites for hydroxylation is 1. The van der Waals surface area contributed by atoms with Crippen molar-refractivity contribution >= 4 is 17.5 Å². The molecule has 0 unspecified atom stereocenters. The summed E-state index contributed by atoms with van der Waals surface area (Å²) in [6, 6.07) is 1.75. The number of nitrogens with one attached hydrogen (secondary N) is 1. The fraction of sp³-hybridized carbons (Fsp3) is 0.438. The molecule has 0 saturated carbocycles. The number of anilines is 2. The topological polar surface area (TPSA) is 93.0 Å². The molecular weight excluding hydrogens is 308 g/mol. The Kier molecular flexibility index (Phi) is 4.54. The van der Waals surface area contributed by atoms with Crippen molar-refractivity contribution in [2.75, 3.05) is 23.3 Å². The van der Waals surface area contributed by atoms with Crippen LogP contribution in [0.2, 0.25) is 0 Å². The molecule has 0 radical (unpaired) electrons. The van der Waals surface area contributed by atoms with Gasteiger partial charge in [-0.2, -0.15) is 0 Å². The van der Waals surface area contributed by atoms with E-state index in [0.717, 1.165) is 31.7 Å². The third-order valence-electron chi connectivity index (χ3n) is 4.18. The Hall–Kier alpha value is -2.77. The minimum atomic E-state index is -0.326. The number of nitrogens with zero attached hydrogens (tertiary/aromatic N) is 5. The summed E-state index contributed by atoms with van der Waals surface area (Å²) in [5.74, 6) is 0.915. The van der Waals surface area contributed by atoms with Crippen LogP contribution in [0.1, 0.15) is 24.1 Å². The molecule has 2 aromatic heterocycles. The van der Waals surface area contributed by atoms with Crippen molar-refractivity contribution in [2.24, 2.45) is 0 Å². The fourth-order valence-corrected chi connectivity index (χ4v) is 2.66. The first kappa shape index (κ1) is 16.1. The molecule has 1 fully saturated rings. The first-order valence-electron chi connectivity index (χ1n) is 7.94. The Balaban J connectivity index is 1.70. The third-order valence-corrected chi connectivity index (χ3v) is 4.18. The number of hydrogen-bond donors (Lipinski definition) is 1. The molecule has 1 aliphatic heterocycles. The van der Waals surface area contributed by atoms with Gasteiger partial charge in [0.25, 0.3) is 5.56 Å². The van der Waals surface area contributed by atoms with E-state index in [4.69, 9.17) is 0 Å². The molecule has 1 saturated heterocycles. The van der Waals surface area contributed by atoms with Crippen molar-refractivity contribution in [3.8, 4) is 0 Å².